The molecule has 3 aromatic rings. The summed E-state index contributed by atoms with van der Waals surface area (Å²) in [6, 6.07) is 12.3. The number of nitrogens with one attached hydrogen (secondary N) is 2. The van der Waals surface area contributed by atoms with Gasteiger partial charge in [0.05, 0.1) is 16.9 Å². The van der Waals surface area contributed by atoms with Crippen LogP contribution in [0.25, 0.3) is 11.3 Å². The van der Waals surface area contributed by atoms with Crippen LogP contribution in [-0.2, 0) is 12.8 Å². The number of aryl methyl sites for hydroxylation is 1. The van der Waals surface area contributed by atoms with Crippen molar-refractivity contribution in [3.8, 4) is 11.3 Å². The number of rotatable bonds is 3. The van der Waals surface area contributed by atoms with Crippen LogP contribution in [0.1, 0.15) is 27.2 Å². The summed E-state index contributed by atoms with van der Waals surface area (Å²) in [6.07, 6.45) is 2.75. The van der Waals surface area contributed by atoms with Gasteiger partial charge in [0.15, 0.2) is 0 Å². The number of carbonyl (C=O) groups is 1. The van der Waals surface area contributed by atoms with Gasteiger partial charge in [-0.3, -0.25) is 9.89 Å². The number of hydrazone groups is 1. The zero-order valence-electron chi connectivity index (χ0n) is 13.6. The fourth-order valence-corrected chi connectivity index (χ4v) is 3.31. The fourth-order valence-electron chi connectivity index (χ4n) is 3.09. The van der Waals surface area contributed by atoms with Crippen molar-refractivity contribution >= 4 is 23.7 Å². The SMILES string of the molecule is O=C(NN=Cc1c(F)cccc1Cl)c1[nH]nc2c1CCc1ccccc1-2. The van der Waals surface area contributed by atoms with Crippen LogP contribution in [0.2, 0.25) is 5.02 Å². The Labute approximate surface area is 153 Å². The summed E-state index contributed by atoms with van der Waals surface area (Å²) in [5, 5.41) is 11.1. The van der Waals surface area contributed by atoms with Crippen LogP contribution in [0.3, 0.4) is 0 Å². The zero-order valence-corrected chi connectivity index (χ0v) is 14.3. The number of nitrogens with zero attached hydrogens (tertiary/aromatic N) is 2. The van der Waals surface area contributed by atoms with Crippen molar-refractivity contribution in [2.45, 2.75) is 12.8 Å². The molecule has 2 N–H and O–H groups in total. The number of amides is 1. The molecule has 0 bridgehead atoms. The van der Waals surface area contributed by atoms with Crippen molar-refractivity contribution in [3.63, 3.8) is 0 Å². The number of aromatic amines is 1. The smallest absolute Gasteiger partial charge is 0.272 e. The molecule has 130 valence electrons. The summed E-state index contributed by atoms with van der Waals surface area (Å²) < 4.78 is 13.7. The molecule has 0 saturated carbocycles. The minimum Gasteiger partial charge on any atom is -0.272 e. The number of benzene rings is 2. The van der Waals surface area contributed by atoms with E-state index in [2.05, 4.69) is 26.8 Å². The van der Waals surface area contributed by atoms with E-state index in [4.69, 9.17) is 11.6 Å². The van der Waals surface area contributed by atoms with Crippen LogP contribution in [0.4, 0.5) is 4.39 Å². The number of carbonyl (C=O) groups excluding carboxylic acids is 1. The molecule has 0 atom stereocenters. The lowest BCUT2D eigenvalue weighted by molar-refractivity contribution is 0.0949. The standard InChI is InChI=1S/C19H14ClFN4O/c20-15-6-3-7-16(21)14(15)10-22-25-19(26)18-13-9-8-11-4-1-2-5-12(11)17(13)23-24-18/h1-7,10H,8-9H2,(H,23,24)(H,25,26). The van der Waals surface area contributed by atoms with E-state index < -0.39 is 11.7 Å². The van der Waals surface area contributed by atoms with Crippen LogP contribution in [0, 0.1) is 5.82 Å². The molecule has 26 heavy (non-hydrogen) atoms. The lowest BCUT2D eigenvalue weighted by Crippen LogP contribution is -2.20. The fraction of sp³-hybridized carbons (Fsp3) is 0.105. The monoisotopic (exact) mass is 368 g/mol. The van der Waals surface area contributed by atoms with Crippen molar-refractivity contribution in [2.24, 2.45) is 5.10 Å². The van der Waals surface area contributed by atoms with Gasteiger partial charge < -0.3 is 0 Å². The zero-order chi connectivity index (χ0) is 18.1. The molecule has 0 aliphatic heterocycles. The van der Waals surface area contributed by atoms with Gasteiger partial charge in [0, 0.05) is 16.7 Å². The van der Waals surface area contributed by atoms with E-state index >= 15 is 0 Å². The quantitative estimate of drug-likeness (QED) is 0.546. The van der Waals surface area contributed by atoms with Crippen molar-refractivity contribution < 1.29 is 9.18 Å². The van der Waals surface area contributed by atoms with Crippen LogP contribution in [0.5, 0.6) is 0 Å². The molecule has 1 heterocycles. The lowest BCUT2D eigenvalue weighted by Gasteiger charge is -2.15. The predicted molar refractivity (Wildman–Crippen MR) is 97.9 cm³/mol. The normalized spacial score (nSPS) is 12.7. The van der Waals surface area contributed by atoms with Crippen LogP contribution >= 0.6 is 11.6 Å². The second-order valence-corrected chi connectivity index (χ2v) is 6.32. The minimum absolute atomic E-state index is 0.120. The molecular weight excluding hydrogens is 355 g/mol. The Balaban J connectivity index is 1.56. The van der Waals surface area contributed by atoms with E-state index in [1.807, 2.05) is 18.2 Å². The van der Waals surface area contributed by atoms with E-state index in [-0.39, 0.29) is 10.6 Å². The molecule has 0 radical (unpaired) electrons. The molecule has 4 rings (SSSR count). The van der Waals surface area contributed by atoms with Crippen LogP contribution < -0.4 is 5.43 Å². The first-order chi connectivity index (χ1) is 12.6. The summed E-state index contributed by atoms with van der Waals surface area (Å²) in [6.45, 7) is 0. The first-order valence-electron chi connectivity index (χ1n) is 8.08. The van der Waals surface area contributed by atoms with E-state index in [0.29, 0.717) is 12.1 Å². The molecule has 0 spiro atoms. The maximum absolute atomic E-state index is 13.7. The Bertz CT molecular complexity index is 1010. The average Bonchev–Trinajstić information content (AvgIpc) is 3.08. The van der Waals surface area contributed by atoms with Crippen molar-refractivity contribution in [1.82, 2.24) is 15.6 Å². The topological polar surface area (TPSA) is 70.1 Å². The molecule has 2 aromatic carbocycles. The maximum Gasteiger partial charge on any atom is 0.289 e. The van der Waals surface area contributed by atoms with Gasteiger partial charge in [-0.25, -0.2) is 9.82 Å². The van der Waals surface area contributed by atoms with Crippen LogP contribution in [-0.4, -0.2) is 22.3 Å². The Morgan fingerprint density at radius 1 is 1.23 bits per heavy atom. The van der Waals surface area contributed by atoms with E-state index in [9.17, 15) is 9.18 Å². The molecule has 5 nitrogen and oxygen atoms in total. The third-order valence-corrected chi connectivity index (χ3v) is 4.70. The summed E-state index contributed by atoms with van der Waals surface area (Å²) in [5.74, 6) is -0.937. The second-order valence-electron chi connectivity index (χ2n) is 5.92. The molecule has 1 aromatic heterocycles. The van der Waals surface area contributed by atoms with Gasteiger partial charge in [0.1, 0.15) is 11.5 Å². The highest BCUT2D eigenvalue weighted by molar-refractivity contribution is 6.33. The maximum atomic E-state index is 13.7. The Hall–Kier alpha value is -2.99. The molecule has 0 saturated heterocycles. The van der Waals surface area contributed by atoms with E-state index in [1.165, 1.54) is 23.9 Å². The molecule has 1 amide bonds. The number of H-pyrrole nitrogens is 1. The summed E-state index contributed by atoms with van der Waals surface area (Å²) in [7, 11) is 0. The average molecular weight is 369 g/mol. The largest absolute Gasteiger partial charge is 0.289 e. The molecule has 1 aliphatic rings. The third kappa shape index (κ3) is 2.88. The molecule has 0 unspecified atom stereocenters. The number of aromatic nitrogens is 2. The van der Waals surface area contributed by atoms with Crippen molar-refractivity contribution in [1.29, 1.82) is 0 Å². The van der Waals surface area contributed by atoms with E-state index in [1.54, 1.807) is 6.07 Å². The summed E-state index contributed by atoms with van der Waals surface area (Å²) >= 11 is 5.93. The molecule has 1 aliphatic carbocycles. The number of halogens is 2. The first kappa shape index (κ1) is 16.5. The second kappa shape index (κ2) is 6.72. The number of fused-ring (bicyclic) bond motifs is 3. The van der Waals surface area contributed by atoms with Gasteiger partial charge in [-0.1, -0.05) is 41.9 Å². The highest BCUT2D eigenvalue weighted by Crippen LogP contribution is 2.33. The van der Waals surface area contributed by atoms with E-state index in [0.717, 1.165) is 23.2 Å². The Morgan fingerprint density at radius 2 is 2.08 bits per heavy atom. The van der Waals surface area contributed by atoms with Crippen molar-refractivity contribution in [2.75, 3.05) is 0 Å². The summed E-state index contributed by atoms with van der Waals surface area (Å²) in [4.78, 5) is 12.4. The highest BCUT2D eigenvalue weighted by Gasteiger charge is 2.24. The first-order valence-corrected chi connectivity index (χ1v) is 8.46. The third-order valence-electron chi connectivity index (χ3n) is 4.37. The number of hydrogen-bond donors (Lipinski definition) is 2. The van der Waals surface area contributed by atoms with Crippen LogP contribution in [0.15, 0.2) is 47.6 Å². The molecule has 0 fully saturated rings. The minimum atomic E-state index is -0.508. The molecular formula is C19H14ClFN4O. The van der Waals surface area contributed by atoms with Gasteiger partial charge in [0.25, 0.3) is 5.91 Å². The van der Waals surface area contributed by atoms with Gasteiger partial charge in [-0.2, -0.15) is 10.2 Å². The highest BCUT2D eigenvalue weighted by atomic mass is 35.5. The lowest BCUT2D eigenvalue weighted by atomic mass is 9.89. The Kier molecular flexibility index (Phi) is 4.26. The van der Waals surface area contributed by atoms with Gasteiger partial charge in [-0.05, 0) is 30.5 Å². The van der Waals surface area contributed by atoms with Gasteiger partial charge >= 0.3 is 0 Å². The summed E-state index contributed by atoms with van der Waals surface area (Å²) in [5.41, 5.74) is 6.78. The van der Waals surface area contributed by atoms with Crippen molar-refractivity contribution in [3.05, 3.63) is 75.7 Å². The number of hydrogen-bond acceptors (Lipinski definition) is 3. The molecule has 7 heteroatoms. The van der Waals surface area contributed by atoms with Gasteiger partial charge in [-0.15, -0.1) is 0 Å². The van der Waals surface area contributed by atoms with Gasteiger partial charge in [0.2, 0.25) is 0 Å². The Morgan fingerprint density at radius 3 is 2.92 bits per heavy atom. The predicted octanol–water partition coefficient (Wildman–Crippen LogP) is 3.73.